The monoisotopic (exact) mass is 249 g/mol. The minimum Gasteiger partial charge on any atom is -0.380 e. The van der Waals surface area contributed by atoms with Crippen LogP contribution in [0.4, 0.5) is 5.82 Å². The van der Waals surface area contributed by atoms with Crippen LogP contribution in [0.2, 0.25) is 0 Å². The van der Waals surface area contributed by atoms with Gasteiger partial charge >= 0.3 is 0 Å². The lowest BCUT2D eigenvalue weighted by Crippen LogP contribution is -2.27. The number of methoxy groups -OCH3 is 1. The van der Waals surface area contributed by atoms with Crippen molar-refractivity contribution in [3.05, 3.63) is 23.9 Å². The number of ether oxygens (including phenoxy) is 1. The molecule has 4 heteroatoms. The minimum absolute atomic E-state index is 0.334. The second kappa shape index (κ2) is 6.16. The Balaban J connectivity index is 2.17. The largest absolute Gasteiger partial charge is 0.380 e. The lowest BCUT2D eigenvalue weighted by Gasteiger charge is -2.23. The van der Waals surface area contributed by atoms with Crippen LogP contribution in [0.5, 0.6) is 0 Å². The van der Waals surface area contributed by atoms with Gasteiger partial charge in [-0.3, -0.25) is 0 Å². The van der Waals surface area contributed by atoms with Gasteiger partial charge in [0.25, 0.3) is 0 Å². The van der Waals surface area contributed by atoms with Crippen LogP contribution < -0.4 is 10.2 Å². The number of hydrogen-bond acceptors (Lipinski definition) is 4. The summed E-state index contributed by atoms with van der Waals surface area (Å²) in [5, 5.41) is 3.45. The fourth-order valence-corrected chi connectivity index (χ4v) is 2.54. The molecule has 0 saturated carbocycles. The number of anilines is 1. The first kappa shape index (κ1) is 13.3. The van der Waals surface area contributed by atoms with Gasteiger partial charge in [0.2, 0.25) is 0 Å². The Kier molecular flexibility index (Phi) is 4.55. The Hall–Kier alpha value is -1.13. The first-order valence-corrected chi connectivity index (χ1v) is 6.72. The average Bonchev–Trinajstić information content (AvgIpc) is 2.87. The highest BCUT2D eigenvalue weighted by molar-refractivity contribution is 5.49. The zero-order valence-corrected chi connectivity index (χ0v) is 11.5. The van der Waals surface area contributed by atoms with Gasteiger partial charge in [0.05, 0.1) is 6.10 Å². The van der Waals surface area contributed by atoms with E-state index in [0.717, 1.165) is 31.9 Å². The van der Waals surface area contributed by atoms with E-state index in [1.165, 1.54) is 5.56 Å². The van der Waals surface area contributed by atoms with Crippen molar-refractivity contribution in [2.45, 2.75) is 32.4 Å². The summed E-state index contributed by atoms with van der Waals surface area (Å²) in [5.41, 5.74) is 1.27. The summed E-state index contributed by atoms with van der Waals surface area (Å²) in [6, 6.07) is 4.51. The summed E-state index contributed by atoms with van der Waals surface area (Å²) < 4.78 is 5.43. The predicted octanol–water partition coefficient (Wildman–Crippen LogP) is 1.98. The summed E-state index contributed by atoms with van der Waals surface area (Å²) in [6.07, 6.45) is 3.30. The molecule has 100 valence electrons. The molecular weight excluding hydrogens is 226 g/mol. The molecular formula is C14H23N3O. The van der Waals surface area contributed by atoms with Gasteiger partial charge in [-0.2, -0.15) is 0 Å². The van der Waals surface area contributed by atoms with Crippen LogP contribution in [-0.4, -0.2) is 37.8 Å². The molecule has 1 saturated heterocycles. The number of hydrogen-bond donors (Lipinski definition) is 1. The Bertz CT molecular complexity index is 383. The number of rotatable bonds is 5. The first-order chi connectivity index (χ1) is 8.76. The molecule has 18 heavy (non-hydrogen) atoms. The van der Waals surface area contributed by atoms with Crippen LogP contribution in [-0.2, 0) is 4.74 Å². The van der Waals surface area contributed by atoms with Crippen molar-refractivity contribution in [3.8, 4) is 0 Å². The highest BCUT2D eigenvalue weighted by Gasteiger charge is 2.25. The Morgan fingerprint density at radius 1 is 1.61 bits per heavy atom. The first-order valence-electron chi connectivity index (χ1n) is 6.72. The molecule has 4 nitrogen and oxygen atoms in total. The van der Waals surface area contributed by atoms with Crippen LogP contribution in [0.1, 0.15) is 31.9 Å². The third-order valence-electron chi connectivity index (χ3n) is 3.57. The molecule has 1 aliphatic heterocycles. The van der Waals surface area contributed by atoms with Crippen LogP contribution in [0.3, 0.4) is 0 Å². The summed E-state index contributed by atoms with van der Waals surface area (Å²) in [7, 11) is 1.79. The fourth-order valence-electron chi connectivity index (χ4n) is 2.54. The second-order valence-corrected chi connectivity index (χ2v) is 4.79. The maximum absolute atomic E-state index is 5.43. The van der Waals surface area contributed by atoms with Crippen LogP contribution >= 0.6 is 0 Å². The van der Waals surface area contributed by atoms with Crippen molar-refractivity contribution in [2.75, 3.05) is 31.6 Å². The summed E-state index contributed by atoms with van der Waals surface area (Å²) in [4.78, 5) is 6.89. The molecule has 1 aliphatic rings. The third-order valence-corrected chi connectivity index (χ3v) is 3.57. The van der Waals surface area contributed by atoms with E-state index >= 15 is 0 Å². The van der Waals surface area contributed by atoms with Gasteiger partial charge in [-0.25, -0.2) is 4.98 Å². The van der Waals surface area contributed by atoms with E-state index in [1.807, 2.05) is 12.3 Å². The molecule has 1 aromatic heterocycles. The number of pyridine rings is 1. The van der Waals surface area contributed by atoms with Crippen molar-refractivity contribution in [1.29, 1.82) is 0 Å². The molecule has 0 amide bonds. The normalized spacial score (nSPS) is 21.3. The number of aromatic nitrogens is 1. The maximum Gasteiger partial charge on any atom is 0.133 e. The van der Waals surface area contributed by atoms with E-state index in [2.05, 4.69) is 35.1 Å². The van der Waals surface area contributed by atoms with E-state index < -0.39 is 0 Å². The molecule has 0 aromatic carbocycles. The SMILES string of the molecule is CCNC(C)c1cccnc1N1CCC(OC)C1. The van der Waals surface area contributed by atoms with Gasteiger partial charge in [0.1, 0.15) is 5.82 Å². The van der Waals surface area contributed by atoms with E-state index in [0.29, 0.717) is 12.1 Å². The molecule has 0 aliphatic carbocycles. The molecule has 0 bridgehead atoms. The quantitative estimate of drug-likeness (QED) is 0.866. The molecule has 0 radical (unpaired) electrons. The van der Waals surface area contributed by atoms with E-state index in [4.69, 9.17) is 4.74 Å². The summed E-state index contributed by atoms with van der Waals surface area (Å²) >= 11 is 0. The lowest BCUT2D eigenvalue weighted by molar-refractivity contribution is 0.121. The van der Waals surface area contributed by atoms with E-state index in [-0.39, 0.29) is 0 Å². The molecule has 2 unspecified atom stereocenters. The van der Waals surface area contributed by atoms with Crippen LogP contribution in [0.15, 0.2) is 18.3 Å². The van der Waals surface area contributed by atoms with E-state index in [1.54, 1.807) is 7.11 Å². The number of nitrogens with zero attached hydrogens (tertiary/aromatic N) is 2. The Morgan fingerprint density at radius 3 is 3.11 bits per heavy atom. The standard InChI is InChI=1S/C14H23N3O/c1-4-15-11(2)13-6-5-8-16-14(13)17-9-7-12(10-17)18-3/h5-6,8,11-12,15H,4,7,9-10H2,1-3H3. The molecule has 0 spiro atoms. The molecule has 1 fully saturated rings. The third kappa shape index (κ3) is 2.82. The Labute approximate surface area is 109 Å². The van der Waals surface area contributed by atoms with Gasteiger partial charge in [-0.05, 0) is 26.0 Å². The number of nitrogens with one attached hydrogen (secondary N) is 1. The highest BCUT2D eigenvalue weighted by atomic mass is 16.5. The summed E-state index contributed by atoms with van der Waals surface area (Å²) in [5.74, 6) is 1.10. The fraction of sp³-hybridized carbons (Fsp3) is 0.643. The van der Waals surface area contributed by atoms with Gasteiger partial charge < -0.3 is 15.0 Å². The van der Waals surface area contributed by atoms with E-state index in [9.17, 15) is 0 Å². The lowest BCUT2D eigenvalue weighted by atomic mass is 10.1. The maximum atomic E-state index is 5.43. The molecule has 2 rings (SSSR count). The smallest absolute Gasteiger partial charge is 0.133 e. The zero-order chi connectivity index (χ0) is 13.0. The van der Waals surface area contributed by atoms with Gasteiger partial charge in [-0.1, -0.05) is 13.0 Å². The molecule has 2 atom stereocenters. The topological polar surface area (TPSA) is 37.4 Å². The van der Waals surface area contributed by atoms with Crippen LogP contribution in [0, 0.1) is 0 Å². The highest BCUT2D eigenvalue weighted by Crippen LogP contribution is 2.27. The molecule has 2 heterocycles. The van der Waals surface area contributed by atoms with Crippen LogP contribution in [0.25, 0.3) is 0 Å². The zero-order valence-electron chi connectivity index (χ0n) is 11.5. The molecule has 1 N–H and O–H groups in total. The van der Waals surface area contributed by atoms with Crippen molar-refractivity contribution < 1.29 is 4.74 Å². The van der Waals surface area contributed by atoms with Crippen molar-refractivity contribution in [3.63, 3.8) is 0 Å². The van der Waals surface area contributed by atoms with Crippen molar-refractivity contribution in [2.24, 2.45) is 0 Å². The van der Waals surface area contributed by atoms with Gasteiger partial charge in [0, 0.05) is 38.0 Å². The second-order valence-electron chi connectivity index (χ2n) is 4.79. The van der Waals surface area contributed by atoms with Gasteiger partial charge in [0.15, 0.2) is 0 Å². The predicted molar refractivity (Wildman–Crippen MR) is 74.0 cm³/mol. The van der Waals surface area contributed by atoms with Gasteiger partial charge in [-0.15, -0.1) is 0 Å². The summed E-state index contributed by atoms with van der Waals surface area (Å²) in [6.45, 7) is 7.26. The van der Waals surface area contributed by atoms with Crippen molar-refractivity contribution in [1.82, 2.24) is 10.3 Å². The van der Waals surface area contributed by atoms with Crippen molar-refractivity contribution >= 4 is 5.82 Å². The molecule has 1 aromatic rings. The minimum atomic E-state index is 0.334. The Morgan fingerprint density at radius 2 is 2.44 bits per heavy atom. The average molecular weight is 249 g/mol.